The molecule has 4 amide bonds. The van der Waals surface area contributed by atoms with Gasteiger partial charge in [-0.3, -0.25) is 19.2 Å². The number of nitrogens with one attached hydrogen (secondary N) is 3. The number of amides is 4. The Balaban J connectivity index is 1.41. The SMILES string of the molecule is CC(C)C[C@@H]1NC(=O)CCCN(C(=O)c2ccc(N)nc2)CCCNC(=O)c2csc(n2)[C@H](Cc2ccccc2)NC(=O)c2csc1n2. The minimum Gasteiger partial charge on any atom is -0.384 e. The molecule has 0 aliphatic carbocycles. The lowest BCUT2D eigenvalue weighted by atomic mass is 10.0. The van der Waals surface area contributed by atoms with Crippen molar-refractivity contribution in [3.63, 3.8) is 0 Å². The van der Waals surface area contributed by atoms with Crippen LogP contribution in [0.2, 0.25) is 0 Å². The summed E-state index contributed by atoms with van der Waals surface area (Å²) in [5.74, 6) is -0.520. The van der Waals surface area contributed by atoms with Gasteiger partial charge in [-0.15, -0.1) is 22.7 Å². The van der Waals surface area contributed by atoms with E-state index in [4.69, 9.17) is 5.73 Å². The molecule has 0 spiro atoms. The van der Waals surface area contributed by atoms with Crippen LogP contribution in [0.25, 0.3) is 0 Å². The number of hydrogen-bond acceptors (Lipinski definition) is 10. The summed E-state index contributed by atoms with van der Waals surface area (Å²) >= 11 is 2.63. The fourth-order valence-electron chi connectivity index (χ4n) is 5.37. The smallest absolute Gasteiger partial charge is 0.271 e. The second-order valence-electron chi connectivity index (χ2n) is 12.1. The third-order valence-corrected chi connectivity index (χ3v) is 9.70. The highest BCUT2D eigenvalue weighted by Crippen LogP contribution is 2.27. The molecule has 0 unspecified atom stereocenters. The third kappa shape index (κ3) is 9.44. The number of benzene rings is 1. The molecule has 4 heterocycles. The molecule has 0 saturated carbocycles. The number of fused-ring (bicyclic) bond motifs is 4. The van der Waals surface area contributed by atoms with Crippen LogP contribution in [-0.2, 0) is 11.2 Å². The van der Waals surface area contributed by atoms with Gasteiger partial charge in [0.15, 0.2) is 0 Å². The van der Waals surface area contributed by atoms with Crippen molar-refractivity contribution in [2.45, 2.75) is 58.0 Å². The van der Waals surface area contributed by atoms with Crippen LogP contribution in [0.3, 0.4) is 0 Å². The van der Waals surface area contributed by atoms with E-state index in [9.17, 15) is 19.2 Å². The van der Waals surface area contributed by atoms with Gasteiger partial charge in [0.05, 0.1) is 17.6 Å². The predicted octanol–water partition coefficient (Wildman–Crippen LogP) is 4.55. The topological polar surface area (TPSA) is 172 Å². The quantitative estimate of drug-likeness (QED) is 0.237. The molecule has 1 aliphatic rings. The first kappa shape index (κ1) is 34.6. The molecule has 12 nitrogen and oxygen atoms in total. The van der Waals surface area contributed by atoms with E-state index in [-0.39, 0.29) is 53.4 Å². The molecule has 2 atom stereocenters. The maximum atomic E-state index is 13.5. The minimum absolute atomic E-state index is 0.163. The number of aromatic nitrogens is 3. The molecular formula is C34H40N8O4S2. The van der Waals surface area contributed by atoms with Crippen molar-refractivity contribution in [2.24, 2.45) is 5.92 Å². The second-order valence-corrected chi connectivity index (χ2v) is 13.9. The fraction of sp³-hybridized carbons (Fsp3) is 0.382. The zero-order valence-corrected chi connectivity index (χ0v) is 28.6. The number of nitrogens with two attached hydrogens (primary N) is 1. The first-order valence-corrected chi connectivity index (χ1v) is 17.8. The highest BCUT2D eigenvalue weighted by molar-refractivity contribution is 7.10. The molecule has 14 heteroatoms. The number of thiazole rings is 2. The molecule has 0 radical (unpaired) electrons. The zero-order valence-electron chi connectivity index (χ0n) is 27.0. The molecule has 4 bridgehead atoms. The van der Waals surface area contributed by atoms with E-state index in [2.05, 4.69) is 44.7 Å². The third-order valence-electron chi connectivity index (χ3n) is 7.78. The molecule has 0 saturated heterocycles. The van der Waals surface area contributed by atoms with Crippen LogP contribution in [0.4, 0.5) is 5.82 Å². The normalized spacial score (nSPS) is 18.4. The molecule has 0 fully saturated rings. The van der Waals surface area contributed by atoms with Crippen molar-refractivity contribution < 1.29 is 19.2 Å². The van der Waals surface area contributed by atoms with Crippen LogP contribution in [0.5, 0.6) is 0 Å². The molecule has 1 aromatic carbocycles. The Hall–Kier alpha value is -4.69. The van der Waals surface area contributed by atoms with Gasteiger partial charge >= 0.3 is 0 Å². The summed E-state index contributed by atoms with van der Waals surface area (Å²) in [6.07, 6.45) is 3.66. The highest BCUT2D eigenvalue weighted by Gasteiger charge is 2.26. The zero-order chi connectivity index (χ0) is 34.0. The van der Waals surface area contributed by atoms with Crippen molar-refractivity contribution in [3.05, 3.63) is 92.0 Å². The molecule has 1 aliphatic heterocycles. The molecule has 4 aromatic rings. The van der Waals surface area contributed by atoms with Gasteiger partial charge in [0, 0.05) is 43.0 Å². The van der Waals surface area contributed by atoms with Crippen molar-refractivity contribution in [1.82, 2.24) is 35.8 Å². The van der Waals surface area contributed by atoms with E-state index in [1.54, 1.807) is 27.8 Å². The summed E-state index contributed by atoms with van der Waals surface area (Å²) < 4.78 is 0. The number of carbonyl (C=O) groups excluding carboxylic acids is 4. The van der Waals surface area contributed by atoms with E-state index in [0.29, 0.717) is 66.7 Å². The van der Waals surface area contributed by atoms with Gasteiger partial charge in [-0.1, -0.05) is 44.2 Å². The first-order chi connectivity index (χ1) is 23.2. The van der Waals surface area contributed by atoms with E-state index in [1.807, 2.05) is 30.3 Å². The summed E-state index contributed by atoms with van der Waals surface area (Å²) in [6.45, 7) is 5.13. The molecular weight excluding hydrogens is 649 g/mol. The highest BCUT2D eigenvalue weighted by atomic mass is 32.1. The number of nitrogen functional groups attached to an aromatic ring is 1. The summed E-state index contributed by atoms with van der Waals surface area (Å²) in [6, 6.07) is 12.1. The van der Waals surface area contributed by atoms with Crippen LogP contribution in [-0.4, -0.2) is 63.1 Å². The Morgan fingerprint density at radius 3 is 2.29 bits per heavy atom. The van der Waals surface area contributed by atoms with E-state index < -0.39 is 6.04 Å². The van der Waals surface area contributed by atoms with Gasteiger partial charge in [0.25, 0.3) is 17.7 Å². The van der Waals surface area contributed by atoms with Gasteiger partial charge < -0.3 is 26.6 Å². The predicted molar refractivity (Wildman–Crippen MR) is 186 cm³/mol. The van der Waals surface area contributed by atoms with Gasteiger partial charge in [-0.2, -0.15) is 0 Å². The fourth-order valence-corrected chi connectivity index (χ4v) is 7.08. The van der Waals surface area contributed by atoms with Gasteiger partial charge in [0.2, 0.25) is 5.91 Å². The first-order valence-electron chi connectivity index (χ1n) is 16.0. The van der Waals surface area contributed by atoms with Crippen LogP contribution < -0.4 is 21.7 Å². The Labute approximate surface area is 287 Å². The average Bonchev–Trinajstić information content (AvgIpc) is 3.77. The number of nitrogens with zero attached hydrogens (tertiary/aromatic N) is 4. The van der Waals surface area contributed by atoms with Gasteiger partial charge in [-0.05, 0) is 49.3 Å². The summed E-state index contributed by atoms with van der Waals surface area (Å²) in [5, 5.41) is 13.7. The van der Waals surface area contributed by atoms with E-state index in [1.165, 1.54) is 28.9 Å². The number of anilines is 1. The van der Waals surface area contributed by atoms with Crippen molar-refractivity contribution >= 4 is 52.1 Å². The molecule has 5 rings (SSSR count). The van der Waals surface area contributed by atoms with Crippen molar-refractivity contribution in [3.8, 4) is 0 Å². The van der Waals surface area contributed by atoms with Crippen LogP contribution in [0, 0.1) is 5.92 Å². The molecule has 48 heavy (non-hydrogen) atoms. The van der Waals surface area contributed by atoms with E-state index in [0.717, 1.165) is 5.56 Å². The standard InChI is InChI=1S/C34H40N8O4S2/c1-21(2)16-24-32-41-27(20-48-32)31(45)39-25(17-22-8-4-3-5-9-22)33-40-26(19-47-33)30(44)36-13-7-15-42(14-6-10-29(43)38-24)34(46)23-11-12-28(35)37-18-23/h3-5,8-9,11-12,18-21,24-25H,6-7,10,13-17H2,1-2H3,(H2,35,37)(H,36,44)(H,38,43)(H,39,45)/t24-,25-/m0/s1. The summed E-state index contributed by atoms with van der Waals surface area (Å²) in [4.78, 5) is 68.2. The average molecular weight is 689 g/mol. The monoisotopic (exact) mass is 688 g/mol. The molecule has 252 valence electrons. The molecule has 3 aromatic heterocycles. The van der Waals surface area contributed by atoms with Gasteiger partial charge in [0.1, 0.15) is 27.2 Å². The number of rotatable bonds is 5. The lowest BCUT2D eigenvalue weighted by Gasteiger charge is -2.23. The Morgan fingerprint density at radius 1 is 0.917 bits per heavy atom. The minimum atomic E-state index is -0.501. The lowest BCUT2D eigenvalue weighted by molar-refractivity contribution is -0.122. The Morgan fingerprint density at radius 2 is 1.60 bits per heavy atom. The lowest BCUT2D eigenvalue weighted by Crippen LogP contribution is -2.36. The van der Waals surface area contributed by atoms with Crippen LogP contribution in [0.15, 0.2) is 59.4 Å². The largest absolute Gasteiger partial charge is 0.384 e. The maximum absolute atomic E-state index is 13.5. The van der Waals surface area contributed by atoms with E-state index >= 15 is 0 Å². The van der Waals surface area contributed by atoms with Crippen molar-refractivity contribution in [2.75, 3.05) is 25.4 Å². The van der Waals surface area contributed by atoms with Crippen LogP contribution >= 0.6 is 22.7 Å². The van der Waals surface area contributed by atoms with Crippen LogP contribution in [0.1, 0.15) is 98.5 Å². The number of pyridine rings is 1. The number of hydrogen-bond donors (Lipinski definition) is 4. The Bertz CT molecular complexity index is 1710. The maximum Gasteiger partial charge on any atom is 0.271 e. The summed E-state index contributed by atoms with van der Waals surface area (Å²) in [5.41, 5.74) is 7.62. The number of carbonyl (C=O) groups is 4. The second kappa shape index (κ2) is 16.4. The van der Waals surface area contributed by atoms with Crippen molar-refractivity contribution in [1.29, 1.82) is 0 Å². The summed E-state index contributed by atoms with van der Waals surface area (Å²) in [7, 11) is 0. The molecule has 5 N–H and O–H groups in total. The van der Waals surface area contributed by atoms with Gasteiger partial charge in [-0.25, -0.2) is 15.0 Å². The Kier molecular flexibility index (Phi) is 11.9.